The van der Waals surface area contributed by atoms with Gasteiger partial charge in [-0.2, -0.15) is 52.7 Å². The number of alkyl halides is 12. The van der Waals surface area contributed by atoms with Crippen molar-refractivity contribution in [2.45, 2.75) is 74.4 Å². The van der Waals surface area contributed by atoms with Crippen molar-refractivity contribution in [3.8, 4) is 0 Å². The van der Waals surface area contributed by atoms with Crippen molar-refractivity contribution in [2.75, 3.05) is 39.3 Å². The highest BCUT2D eigenvalue weighted by atomic mass is 35.5. The summed E-state index contributed by atoms with van der Waals surface area (Å²) in [7, 11) is 0. The van der Waals surface area contributed by atoms with Crippen LogP contribution in [0.15, 0.2) is 36.7 Å². The van der Waals surface area contributed by atoms with Gasteiger partial charge in [-0.25, -0.2) is 0 Å². The van der Waals surface area contributed by atoms with Gasteiger partial charge in [-0.05, 0) is 73.9 Å². The third kappa shape index (κ3) is 10.3. The summed E-state index contributed by atoms with van der Waals surface area (Å²) >= 11 is 0. The van der Waals surface area contributed by atoms with E-state index in [-0.39, 0.29) is 38.6 Å². The number of rotatable bonds is 8. The molecule has 0 aromatic carbocycles. The zero-order chi connectivity index (χ0) is 33.2. The van der Waals surface area contributed by atoms with E-state index >= 15 is 0 Å². The van der Waals surface area contributed by atoms with Gasteiger partial charge in [-0.3, -0.25) is 19.8 Å². The number of piperidine rings is 2. The molecule has 5 nitrogen and oxygen atoms in total. The first-order valence-corrected chi connectivity index (χ1v) is 14.1. The molecule has 0 amide bonds. The van der Waals surface area contributed by atoms with Crippen molar-refractivity contribution in [1.82, 2.24) is 19.8 Å². The second-order valence-corrected chi connectivity index (χ2v) is 11.3. The number of nitrogens with zero attached hydrogens (tertiary/aromatic N) is 4. The van der Waals surface area contributed by atoms with Gasteiger partial charge in [-0.1, -0.05) is 12.1 Å². The SMILES string of the molecule is Cl.FC(F)(F)c1ccc(C2CCCN(C[C@H](O[C@@H](CN3CCCC(c4ccc(C(F)(F)F)nc4)C3)C(F)(F)F)C(F)(F)F)C2)cn1. The Labute approximate surface area is 262 Å². The van der Waals surface area contributed by atoms with E-state index in [4.69, 9.17) is 4.74 Å². The quantitative estimate of drug-likeness (QED) is 0.262. The molecule has 2 aliphatic rings. The van der Waals surface area contributed by atoms with Gasteiger partial charge in [0, 0.05) is 38.6 Å². The topological polar surface area (TPSA) is 41.5 Å². The largest absolute Gasteiger partial charge is 0.433 e. The predicted octanol–water partition coefficient (Wildman–Crippen LogP) is 7.87. The fourth-order valence-electron chi connectivity index (χ4n) is 5.73. The maximum absolute atomic E-state index is 14.0. The van der Waals surface area contributed by atoms with Crippen LogP contribution in [0.4, 0.5) is 52.7 Å². The number of halogens is 13. The first-order valence-electron chi connectivity index (χ1n) is 14.1. The molecule has 2 aromatic rings. The maximum Gasteiger partial charge on any atom is 0.433 e. The molecule has 2 aromatic heterocycles. The van der Waals surface area contributed by atoms with Crippen molar-refractivity contribution in [3.05, 3.63) is 59.2 Å². The Bertz CT molecular complexity index is 1140. The molecule has 0 saturated carbocycles. The summed E-state index contributed by atoms with van der Waals surface area (Å²) in [6.45, 7) is -1.69. The molecule has 4 atom stereocenters. The molecular formula is C28H31ClF12N4O. The second kappa shape index (κ2) is 14.8. The standard InChI is InChI=1S/C28H30F12N4O.ClH/c29-25(30,31)21-7-5-17(11-41-21)19-3-1-9-43(13-19)15-23(27(35,36)37)45-24(28(38,39)40)16-44-10-2-4-20(14-44)18-6-8-22(42-12-18)26(32,33)34;/h5-8,11-12,19-20,23-24H,1-4,9-10,13-16H2;1H/t19?,20?,23-,24-;/m0./s1. The van der Waals surface area contributed by atoms with Gasteiger partial charge in [-0.15, -0.1) is 12.4 Å². The highest BCUT2D eigenvalue weighted by Crippen LogP contribution is 2.36. The number of hydrogen-bond donors (Lipinski definition) is 0. The molecule has 4 heterocycles. The van der Waals surface area contributed by atoms with E-state index in [1.165, 1.54) is 21.9 Å². The van der Waals surface area contributed by atoms with Crippen LogP contribution in [0.25, 0.3) is 0 Å². The van der Waals surface area contributed by atoms with E-state index in [1.54, 1.807) is 0 Å². The summed E-state index contributed by atoms with van der Waals surface area (Å²) in [6.07, 6.45) is -21.7. The van der Waals surface area contributed by atoms with Gasteiger partial charge in [0.2, 0.25) is 0 Å². The van der Waals surface area contributed by atoms with Gasteiger partial charge < -0.3 is 4.74 Å². The third-order valence-electron chi connectivity index (χ3n) is 8.01. The molecule has 0 bridgehead atoms. The summed E-state index contributed by atoms with van der Waals surface area (Å²) in [4.78, 5) is 9.34. The van der Waals surface area contributed by atoms with Crippen LogP contribution in [0.3, 0.4) is 0 Å². The fraction of sp³-hybridized carbons (Fsp3) is 0.643. The number of pyridine rings is 2. The van der Waals surface area contributed by atoms with Crippen LogP contribution in [0, 0.1) is 0 Å². The Kier molecular flexibility index (Phi) is 12.3. The van der Waals surface area contributed by atoms with E-state index in [1.807, 2.05) is 0 Å². The van der Waals surface area contributed by atoms with Crippen LogP contribution in [0.2, 0.25) is 0 Å². The maximum atomic E-state index is 14.0. The molecule has 0 aliphatic carbocycles. The highest BCUT2D eigenvalue weighted by molar-refractivity contribution is 5.85. The average molecular weight is 703 g/mol. The van der Waals surface area contributed by atoms with Crippen molar-refractivity contribution >= 4 is 12.4 Å². The molecule has 0 radical (unpaired) electrons. The number of likely N-dealkylation sites (tertiary alicyclic amines) is 2. The van der Waals surface area contributed by atoms with Crippen LogP contribution < -0.4 is 0 Å². The molecule has 0 spiro atoms. The van der Waals surface area contributed by atoms with Crippen LogP contribution in [0.1, 0.15) is 60.0 Å². The van der Waals surface area contributed by atoms with Gasteiger partial charge in [0.1, 0.15) is 11.4 Å². The van der Waals surface area contributed by atoms with Crippen molar-refractivity contribution < 1.29 is 57.4 Å². The molecule has 2 fully saturated rings. The molecule has 2 aliphatic heterocycles. The Morgan fingerprint density at radius 2 is 1.00 bits per heavy atom. The number of ether oxygens (including phenoxy) is 1. The summed E-state index contributed by atoms with van der Waals surface area (Å²) in [5, 5.41) is 0. The summed E-state index contributed by atoms with van der Waals surface area (Å²) in [5.41, 5.74) is -1.51. The predicted molar refractivity (Wildman–Crippen MR) is 143 cm³/mol. The number of aromatic nitrogens is 2. The lowest BCUT2D eigenvalue weighted by Gasteiger charge is -2.39. The minimum absolute atomic E-state index is 0. The van der Waals surface area contributed by atoms with Crippen molar-refractivity contribution in [1.29, 1.82) is 0 Å². The molecule has 2 unspecified atom stereocenters. The first-order chi connectivity index (χ1) is 20.8. The average Bonchev–Trinajstić information content (AvgIpc) is 2.95. The Balaban J connectivity index is 0.00000576. The minimum atomic E-state index is -5.16. The lowest BCUT2D eigenvalue weighted by molar-refractivity contribution is -0.290. The molecule has 0 N–H and O–H groups in total. The molecule has 4 rings (SSSR count). The zero-order valence-electron chi connectivity index (χ0n) is 24.0. The lowest BCUT2D eigenvalue weighted by atomic mass is 9.91. The van der Waals surface area contributed by atoms with Crippen LogP contribution in [-0.4, -0.2) is 83.6 Å². The van der Waals surface area contributed by atoms with E-state index in [2.05, 4.69) is 9.97 Å². The van der Waals surface area contributed by atoms with E-state index < -0.39 is 73.2 Å². The Morgan fingerprint density at radius 1 is 0.630 bits per heavy atom. The second-order valence-electron chi connectivity index (χ2n) is 11.3. The molecular weight excluding hydrogens is 672 g/mol. The minimum Gasteiger partial charge on any atom is -0.353 e. The van der Waals surface area contributed by atoms with Crippen LogP contribution in [0.5, 0.6) is 0 Å². The first kappa shape index (κ1) is 38.1. The van der Waals surface area contributed by atoms with E-state index in [0.717, 1.165) is 24.5 Å². The Morgan fingerprint density at radius 3 is 1.28 bits per heavy atom. The molecule has 46 heavy (non-hydrogen) atoms. The van der Waals surface area contributed by atoms with Gasteiger partial charge in [0.25, 0.3) is 0 Å². The molecule has 2 saturated heterocycles. The van der Waals surface area contributed by atoms with E-state index in [9.17, 15) is 52.7 Å². The normalized spacial score (nSPS) is 22.3. The smallest absolute Gasteiger partial charge is 0.353 e. The van der Waals surface area contributed by atoms with Gasteiger partial charge in [0.05, 0.1) is 0 Å². The molecule has 18 heteroatoms. The third-order valence-corrected chi connectivity index (χ3v) is 8.01. The van der Waals surface area contributed by atoms with E-state index in [0.29, 0.717) is 36.8 Å². The monoisotopic (exact) mass is 702 g/mol. The summed E-state index contributed by atoms with van der Waals surface area (Å²) < 4.78 is 166. The zero-order valence-corrected chi connectivity index (χ0v) is 24.8. The number of hydrogen-bond acceptors (Lipinski definition) is 5. The summed E-state index contributed by atoms with van der Waals surface area (Å²) in [5.74, 6) is -0.961. The van der Waals surface area contributed by atoms with Gasteiger partial charge in [0.15, 0.2) is 12.2 Å². The van der Waals surface area contributed by atoms with Crippen molar-refractivity contribution in [3.63, 3.8) is 0 Å². The Hall–Kier alpha value is -2.37. The lowest BCUT2D eigenvalue weighted by Crippen LogP contribution is -2.52. The highest BCUT2D eigenvalue weighted by Gasteiger charge is 2.50. The fourth-order valence-corrected chi connectivity index (χ4v) is 5.73. The summed E-state index contributed by atoms with van der Waals surface area (Å²) in [6, 6.07) is 3.91. The molecule has 260 valence electrons. The van der Waals surface area contributed by atoms with Crippen LogP contribution >= 0.6 is 12.4 Å². The van der Waals surface area contributed by atoms with Gasteiger partial charge >= 0.3 is 24.7 Å². The van der Waals surface area contributed by atoms with Crippen LogP contribution in [-0.2, 0) is 17.1 Å². The van der Waals surface area contributed by atoms with Crippen molar-refractivity contribution in [2.24, 2.45) is 0 Å².